The monoisotopic (exact) mass is 273 g/mol. The number of nitrogens with zero attached hydrogens (tertiary/aromatic N) is 1. The zero-order valence-electron chi connectivity index (χ0n) is 11.4. The van der Waals surface area contributed by atoms with E-state index in [4.69, 9.17) is 5.11 Å². The highest BCUT2D eigenvalue weighted by Crippen LogP contribution is 2.48. The standard InChI is InChI=1S/C16H19NO3/c18-15(19)10-17(9-11-6-7-11)16(20)14-8-13(14)12-4-2-1-3-5-12/h1-5,11,13-14H,6-10H2,(H,18,19). The Hall–Kier alpha value is -1.84. The van der Waals surface area contributed by atoms with Crippen LogP contribution in [0.15, 0.2) is 30.3 Å². The number of carbonyl (C=O) groups excluding carboxylic acids is 1. The van der Waals surface area contributed by atoms with E-state index in [1.54, 1.807) is 4.90 Å². The van der Waals surface area contributed by atoms with Gasteiger partial charge in [0.1, 0.15) is 6.54 Å². The predicted molar refractivity (Wildman–Crippen MR) is 74.2 cm³/mol. The fraction of sp³-hybridized carbons (Fsp3) is 0.500. The van der Waals surface area contributed by atoms with Gasteiger partial charge in [0, 0.05) is 12.5 Å². The Morgan fingerprint density at radius 1 is 1.20 bits per heavy atom. The van der Waals surface area contributed by atoms with Gasteiger partial charge in [-0.1, -0.05) is 30.3 Å². The van der Waals surface area contributed by atoms with E-state index in [9.17, 15) is 9.59 Å². The number of amides is 1. The molecule has 106 valence electrons. The summed E-state index contributed by atoms with van der Waals surface area (Å²) in [6.07, 6.45) is 3.09. The lowest BCUT2D eigenvalue weighted by Gasteiger charge is -2.20. The van der Waals surface area contributed by atoms with Crippen molar-refractivity contribution in [1.82, 2.24) is 4.90 Å². The van der Waals surface area contributed by atoms with Crippen LogP contribution in [0.25, 0.3) is 0 Å². The first-order valence-electron chi connectivity index (χ1n) is 7.20. The minimum Gasteiger partial charge on any atom is -0.480 e. The Labute approximate surface area is 118 Å². The average Bonchev–Trinajstić information content (AvgIpc) is 3.32. The summed E-state index contributed by atoms with van der Waals surface area (Å²) >= 11 is 0. The third-order valence-corrected chi connectivity index (χ3v) is 4.15. The van der Waals surface area contributed by atoms with Crippen LogP contribution in [0.3, 0.4) is 0 Å². The van der Waals surface area contributed by atoms with Crippen molar-refractivity contribution in [2.75, 3.05) is 13.1 Å². The van der Waals surface area contributed by atoms with E-state index < -0.39 is 5.97 Å². The van der Waals surface area contributed by atoms with E-state index in [0.717, 1.165) is 19.3 Å². The minimum atomic E-state index is -0.920. The molecule has 2 aliphatic carbocycles. The molecule has 1 aromatic rings. The van der Waals surface area contributed by atoms with Crippen LogP contribution in [-0.2, 0) is 9.59 Å². The van der Waals surface area contributed by atoms with Gasteiger partial charge in [-0.15, -0.1) is 0 Å². The van der Waals surface area contributed by atoms with E-state index >= 15 is 0 Å². The second-order valence-corrected chi connectivity index (χ2v) is 5.92. The molecule has 3 rings (SSSR count). The van der Waals surface area contributed by atoms with Crippen molar-refractivity contribution in [1.29, 1.82) is 0 Å². The van der Waals surface area contributed by atoms with Crippen LogP contribution < -0.4 is 0 Å². The van der Waals surface area contributed by atoms with Gasteiger partial charge in [-0.25, -0.2) is 0 Å². The molecule has 0 spiro atoms. The van der Waals surface area contributed by atoms with E-state index in [2.05, 4.69) is 0 Å². The molecule has 2 fully saturated rings. The Morgan fingerprint density at radius 3 is 2.50 bits per heavy atom. The van der Waals surface area contributed by atoms with Crippen molar-refractivity contribution in [3.05, 3.63) is 35.9 Å². The molecule has 1 amide bonds. The summed E-state index contributed by atoms with van der Waals surface area (Å²) in [5, 5.41) is 8.96. The molecule has 2 atom stereocenters. The Kier molecular flexibility index (Phi) is 3.47. The Bertz CT molecular complexity index is 510. The van der Waals surface area contributed by atoms with Crippen LogP contribution in [0.4, 0.5) is 0 Å². The summed E-state index contributed by atoms with van der Waals surface area (Å²) in [5.41, 5.74) is 1.19. The highest BCUT2D eigenvalue weighted by Gasteiger charge is 2.46. The summed E-state index contributed by atoms with van der Waals surface area (Å²) in [6.45, 7) is 0.455. The first-order chi connectivity index (χ1) is 9.65. The average molecular weight is 273 g/mol. The van der Waals surface area contributed by atoms with Gasteiger partial charge in [-0.05, 0) is 36.7 Å². The number of carboxylic acids is 1. The third-order valence-electron chi connectivity index (χ3n) is 4.15. The van der Waals surface area contributed by atoms with E-state index in [1.165, 1.54) is 5.56 Å². The number of hydrogen-bond acceptors (Lipinski definition) is 2. The van der Waals surface area contributed by atoms with E-state index in [1.807, 2.05) is 30.3 Å². The lowest BCUT2D eigenvalue weighted by Crippen LogP contribution is -2.38. The number of aliphatic carboxylic acids is 1. The number of benzene rings is 1. The molecule has 0 saturated heterocycles. The van der Waals surface area contributed by atoms with Crippen LogP contribution >= 0.6 is 0 Å². The fourth-order valence-electron chi connectivity index (χ4n) is 2.78. The van der Waals surface area contributed by atoms with Crippen molar-refractivity contribution < 1.29 is 14.7 Å². The molecule has 0 aromatic heterocycles. The second kappa shape index (κ2) is 5.27. The van der Waals surface area contributed by atoms with Gasteiger partial charge in [-0.2, -0.15) is 0 Å². The Balaban J connectivity index is 1.63. The molecular weight excluding hydrogens is 254 g/mol. The van der Waals surface area contributed by atoms with Crippen LogP contribution in [-0.4, -0.2) is 35.0 Å². The van der Waals surface area contributed by atoms with Gasteiger partial charge >= 0.3 is 5.97 Å². The smallest absolute Gasteiger partial charge is 0.323 e. The van der Waals surface area contributed by atoms with Gasteiger partial charge in [0.05, 0.1) is 0 Å². The number of rotatable bonds is 6. The molecule has 2 saturated carbocycles. The van der Waals surface area contributed by atoms with Crippen molar-refractivity contribution >= 4 is 11.9 Å². The maximum Gasteiger partial charge on any atom is 0.323 e. The van der Waals surface area contributed by atoms with Crippen molar-refractivity contribution in [3.8, 4) is 0 Å². The summed E-state index contributed by atoms with van der Waals surface area (Å²) in [7, 11) is 0. The van der Waals surface area contributed by atoms with Crippen LogP contribution in [0.5, 0.6) is 0 Å². The van der Waals surface area contributed by atoms with Gasteiger partial charge in [0.25, 0.3) is 0 Å². The highest BCUT2D eigenvalue weighted by molar-refractivity contribution is 5.86. The van der Waals surface area contributed by atoms with Gasteiger partial charge in [-0.3, -0.25) is 9.59 Å². The van der Waals surface area contributed by atoms with E-state index in [-0.39, 0.29) is 24.3 Å². The van der Waals surface area contributed by atoms with E-state index in [0.29, 0.717) is 12.5 Å². The third kappa shape index (κ3) is 3.00. The fourth-order valence-corrected chi connectivity index (χ4v) is 2.78. The quantitative estimate of drug-likeness (QED) is 0.863. The van der Waals surface area contributed by atoms with Gasteiger partial charge in [0.2, 0.25) is 5.91 Å². The molecule has 0 radical (unpaired) electrons. The molecule has 2 aliphatic rings. The SMILES string of the molecule is O=C(O)CN(CC1CC1)C(=O)C1CC1c1ccccc1. The van der Waals surface area contributed by atoms with Crippen molar-refractivity contribution in [3.63, 3.8) is 0 Å². The first kappa shape index (κ1) is 13.2. The topological polar surface area (TPSA) is 57.6 Å². The molecule has 1 aromatic carbocycles. The lowest BCUT2D eigenvalue weighted by atomic mass is 10.1. The largest absolute Gasteiger partial charge is 0.480 e. The van der Waals surface area contributed by atoms with Crippen LogP contribution in [0, 0.1) is 11.8 Å². The molecule has 0 aliphatic heterocycles. The molecule has 0 bridgehead atoms. The highest BCUT2D eigenvalue weighted by atomic mass is 16.4. The summed E-state index contributed by atoms with van der Waals surface area (Å²) in [4.78, 5) is 24.9. The molecule has 0 heterocycles. The zero-order valence-corrected chi connectivity index (χ0v) is 11.4. The molecular formula is C16H19NO3. The predicted octanol–water partition coefficient (Wildman–Crippen LogP) is 2.11. The van der Waals surface area contributed by atoms with Crippen LogP contribution in [0.1, 0.15) is 30.7 Å². The zero-order chi connectivity index (χ0) is 14.1. The number of carbonyl (C=O) groups is 2. The number of hydrogen-bond donors (Lipinski definition) is 1. The summed E-state index contributed by atoms with van der Waals surface area (Å²) in [6, 6.07) is 10.0. The number of carboxylic acid groups (broad SMARTS) is 1. The minimum absolute atomic E-state index is 0.0181. The molecule has 4 heteroatoms. The summed E-state index contributed by atoms with van der Waals surface area (Å²) < 4.78 is 0. The van der Waals surface area contributed by atoms with Crippen molar-refractivity contribution in [2.24, 2.45) is 11.8 Å². The van der Waals surface area contributed by atoms with Gasteiger partial charge < -0.3 is 10.0 Å². The maximum absolute atomic E-state index is 12.5. The molecule has 2 unspecified atom stereocenters. The van der Waals surface area contributed by atoms with Crippen molar-refractivity contribution in [2.45, 2.75) is 25.2 Å². The van der Waals surface area contributed by atoms with Gasteiger partial charge in [0.15, 0.2) is 0 Å². The molecule has 4 nitrogen and oxygen atoms in total. The first-order valence-corrected chi connectivity index (χ1v) is 7.20. The normalized spacial score (nSPS) is 24.2. The molecule has 1 N–H and O–H groups in total. The lowest BCUT2D eigenvalue weighted by molar-refractivity contribution is -0.145. The second-order valence-electron chi connectivity index (χ2n) is 5.92. The Morgan fingerprint density at radius 2 is 1.90 bits per heavy atom. The molecule has 20 heavy (non-hydrogen) atoms. The summed E-state index contributed by atoms with van der Waals surface area (Å²) in [5.74, 6) is -0.119. The maximum atomic E-state index is 12.5. The van der Waals surface area contributed by atoms with Crippen LogP contribution in [0.2, 0.25) is 0 Å².